The fourth-order valence-corrected chi connectivity index (χ4v) is 2.33. The van der Waals surface area contributed by atoms with Crippen LogP contribution in [-0.4, -0.2) is 10.5 Å². The molecule has 110 valence electrons. The first-order valence-corrected chi connectivity index (χ1v) is 6.91. The molecule has 0 saturated carbocycles. The van der Waals surface area contributed by atoms with E-state index in [-0.39, 0.29) is 17.0 Å². The Balaban J connectivity index is 2.24. The van der Waals surface area contributed by atoms with Crippen molar-refractivity contribution < 1.29 is 4.79 Å². The lowest BCUT2D eigenvalue weighted by molar-refractivity contribution is 0.0948. The number of pyridine rings is 1. The van der Waals surface area contributed by atoms with E-state index in [0.717, 1.165) is 16.8 Å². The third-order valence-corrected chi connectivity index (χ3v) is 3.80. The number of hydrogen-bond acceptors (Lipinski definition) is 2. The Bertz CT molecular complexity index is 745. The molecule has 1 aromatic heterocycles. The smallest absolute Gasteiger partial charge is 0.263 e. The van der Waals surface area contributed by atoms with Gasteiger partial charge in [0.2, 0.25) is 0 Å². The van der Waals surface area contributed by atoms with Gasteiger partial charge in [0.25, 0.3) is 11.5 Å². The van der Waals surface area contributed by atoms with Gasteiger partial charge in [-0.3, -0.25) is 9.59 Å². The highest BCUT2D eigenvalue weighted by Gasteiger charge is 2.16. The van der Waals surface area contributed by atoms with Crippen LogP contribution in [-0.2, 0) is 13.6 Å². The number of aromatic nitrogens is 1. The summed E-state index contributed by atoms with van der Waals surface area (Å²) >= 11 is 0. The number of hydrogen-bond donors (Lipinski definition) is 1. The topological polar surface area (TPSA) is 51.1 Å². The summed E-state index contributed by atoms with van der Waals surface area (Å²) in [4.78, 5) is 24.5. The van der Waals surface area contributed by atoms with E-state index >= 15 is 0 Å². The van der Waals surface area contributed by atoms with Crippen molar-refractivity contribution in [3.8, 4) is 0 Å². The van der Waals surface area contributed by atoms with Crippen molar-refractivity contribution in [1.29, 1.82) is 0 Å². The van der Waals surface area contributed by atoms with Gasteiger partial charge in [-0.15, -0.1) is 0 Å². The van der Waals surface area contributed by atoms with Crippen molar-refractivity contribution in [3.05, 3.63) is 68.6 Å². The normalized spacial score (nSPS) is 10.5. The summed E-state index contributed by atoms with van der Waals surface area (Å²) in [6.07, 6.45) is 0. The molecule has 0 fully saturated rings. The zero-order valence-electron chi connectivity index (χ0n) is 12.9. The molecular formula is C17H20N2O2. The number of carbonyl (C=O) groups excluding carboxylic acids is 1. The molecule has 1 heterocycles. The van der Waals surface area contributed by atoms with Gasteiger partial charge in [0.15, 0.2) is 0 Å². The molecule has 0 saturated heterocycles. The highest BCUT2D eigenvalue weighted by molar-refractivity contribution is 5.95. The van der Waals surface area contributed by atoms with Gasteiger partial charge < -0.3 is 9.88 Å². The van der Waals surface area contributed by atoms with Crippen molar-refractivity contribution in [2.45, 2.75) is 27.3 Å². The van der Waals surface area contributed by atoms with Crippen LogP contribution in [0.5, 0.6) is 0 Å². The largest absolute Gasteiger partial charge is 0.348 e. The van der Waals surface area contributed by atoms with Crippen LogP contribution >= 0.6 is 0 Å². The Morgan fingerprint density at radius 2 is 1.81 bits per heavy atom. The second-order valence-electron chi connectivity index (χ2n) is 5.32. The van der Waals surface area contributed by atoms with Crippen LogP contribution in [0.15, 0.2) is 35.1 Å². The zero-order valence-corrected chi connectivity index (χ0v) is 12.9. The Kier molecular flexibility index (Phi) is 4.26. The molecule has 2 aromatic rings. The summed E-state index contributed by atoms with van der Waals surface area (Å²) < 4.78 is 1.50. The van der Waals surface area contributed by atoms with E-state index in [9.17, 15) is 9.59 Å². The minimum absolute atomic E-state index is 0.219. The number of benzene rings is 1. The van der Waals surface area contributed by atoms with Crippen LogP contribution in [0.2, 0.25) is 0 Å². The number of aryl methyl sites for hydroxylation is 3. The van der Waals surface area contributed by atoms with Crippen molar-refractivity contribution in [2.24, 2.45) is 7.05 Å². The second-order valence-corrected chi connectivity index (χ2v) is 5.32. The van der Waals surface area contributed by atoms with Gasteiger partial charge in [0.05, 0.1) is 0 Å². The number of rotatable bonds is 3. The van der Waals surface area contributed by atoms with Crippen LogP contribution in [0.25, 0.3) is 0 Å². The third kappa shape index (κ3) is 3.05. The van der Waals surface area contributed by atoms with E-state index in [1.165, 1.54) is 4.57 Å². The Morgan fingerprint density at radius 3 is 2.48 bits per heavy atom. The van der Waals surface area contributed by atoms with E-state index in [4.69, 9.17) is 0 Å². The molecule has 21 heavy (non-hydrogen) atoms. The first-order valence-electron chi connectivity index (χ1n) is 6.91. The third-order valence-electron chi connectivity index (χ3n) is 3.80. The van der Waals surface area contributed by atoms with E-state index in [2.05, 4.69) is 5.32 Å². The van der Waals surface area contributed by atoms with E-state index in [1.807, 2.05) is 44.2 Å². The fraction of sp³-hybridized carbons (Fsp3) is 0.294. The molecule has 0 radical (unpaired) electrons. The van der Waals surface area contributed by atoms with Crippen molar-refractivity contribution in [3.63, 3.8) is 0 Å². The lowest BCUT2D eigenvalue weighted by atomic mass is 10.1. The Hall–Kier alpha value is -2.36. The molecule has 0 aliphatic carbocycles. The predicted octanol–water partition coefficient (Wildman–Crippen LogP) is 2.24. The number of carbonyl (C=O) groups is 1. The summed E-state index contributed by atoms with van der Waals surface area (Å²) in [5.74, 6) is -0.323. The van der Waals surface area contributed by atoms with Crippen LogP contribution in [0, 0.1) is 20.8 Å². The van der Waals surface area contributed by atoms with Gasteiger partial charge in [-0.1, -0.05) is 24.3 Å². The summed E-state index contributed by atoms with van der Waals surface area (Å²) in [5.41, 5.74) is 3.68. The molecule has 0 atom stereocenters. The van der Waals surface area contributed by atoms with Gasteiger partial charge in [-0.2, -0.15) is 0 Å². The maximum atomic E-state index is 12.3. The molecule has 0 aliphatic rings. The summed E-state index contributed by atoms with van der Waals surface area (Å²) in [6, 6.07) is 9.71. The fourth-order valence-electron chi connectivity index (χ4n) is 2.33. The second kappa shape index (κ2) is 5.95. The minimum Gasteiger partial charge on any atom is -0.348 e. The lowest BCUT2D eigenvalue weighted by Gasteiger charge is -2.12. The van der Waals surface area contributed by atoms with E-state index in [0.29, 0.717) is 12.1 Å². The molecule has 4 nitrogen and oxygen atoms in total. The van der Waals surface area contributed by atoms with Crippen LogP contribution in [0.1, 0.15) is 32.7 Å². The first kappa shape index (κ1) is 15.0. The molecule has 0 spiro atoms. The molecule has 0 aliphatic heterocycles. The highest BCUT2D eigenvalue weighted by Crippen LogP contribution is 2.08. The predicted molar refractivity (Wildman–Crippen MR) is 83.5 cm³/mol. The van der Waals surface area contributed by atoms with E-state index < -0.39 is 0 Å². The van der Waals surface area contributed by atoms with Gasteiger partial charge in [-0.25, -0.2) is 0 Å². The molecule has 1 aromatic carbocycles. The maximum absolute atomic E-state index is 12.3. The van der Waals surface area contributed by atoms with Gasteiger partial charge >= 0.3 is 0 Å². The molecule has 2 rings (SSSR count). The van der Waals surface area contributed by atoms with E-state index in [1.54, 1.807) is 14.0 Å². The SMILES string of the molecule is Cc1ccccc1CNC(=O)c1c(C)cc(C)n(C)c1=O. The summed E-state index contributed by atoms with van der Waals surface area (Å²) in [7, 11) is 1.68. The zero-order chi connectivity index (χ0) is 15.6. The van der Waals surface area contributed by atoms with Crippen molar-refractivity contribution >= 4 is 5.91 Å². The van der Waals surface area contributed by atoms with Crippen LogP contribution in [0.3, 0.4) is 0 Å². The Labute approximate surface area is 124 Å². The summed E-state index contributed by atoms with van der Waals surface area (Å²) in [6.45, 7) is 6.06. The van der Waals surface area contributed by atoms with Crippen LogP contribution in [0.4, 0.5) is 0 Å². The Morgan fingerprint density at radius 1 is 1.14 bits per heavy atom. The standard InChI is InChI=1S/C17H20N2O2/c1-11-7-5-6-8-14(11)10-18-16(20)15-12(2)9-13(3)19(4)17(15)21/h5-9H,10H2,1-4H3,(H,18,20). The molecule has 4 heteroatoms. The molecule has 0 bridgehead atoms. The van der Waals surface area contributed by atoms with Crippen LogP contribution < -0.4 is 10.9 Å². The average Bonchev–Trinajstić information content (AvgIpc) is 2.44. The highest BCUT2D eigenvalue weighted by atomic mass is 16.2. The molecular weight excluding hydrogens is 264 g/mol. The number of amides is 1. The van der Waals surface area contributed by atoms with Crippen molar-refractivity contribution in [1.82, 2.24) is 9.88 Å². The molecule has 0 unspecified atom stereocenters. The van der Waals surface area contributed by atoms with Gasteiger partial charge in [-0.05, 0) is 43.5 Å². The maximum Gasteiger partial charge on any atom is 0.263 e. The van der Waals surface area contributed by atoms with Gasteiger partial charge in [0, 0.05) is 19.3 Å². The molecule has 1 amide bonds. The van der Waals surface area contributed by atoms with Crippen molar-refractivity contribution in [2.75, 3.05) is 0 Å². The monoisotopic (exact) mass is 284 g/mol. The summed E-state index contributed by atoms with van der Waals surface area (Å²) in [5, 5.41) is 2.83. The quantitative estimate of drug-likeness (QED) is 0.939. The molecule has 1 N–H and O–H groups in total. The minimum atomic E-state index is -0.323. The lowest BCUT2D eigenvalue weighted by Crippen LogP contribution is -2.33. The number of nitrogens with one attached hydrogen (secondary N) is 1. The first-order chi connectivity index (χ1) is 9.91. The number of nitrogens with zero attached hydrogens (tertiary/aromatic N) is 1. The van der Waals surface area contributed by atoms with Gasteiger partial charge in [0.1, 0.15) is 5.56 Å². The average molecular weight is 284 g/mol.